The van der Waals surface area contributed by atoms with Gasteiger partial charge in [-0.15, -0.1) is 0 Å². The summed E-state index contributed by atoms with van der Waals surface area (Å²) in [6, 6.07) is 18.1. The first-order chi connectivity index (χ1) is 18.2. The van der Waals surface area contributed by atoms with E-state index in [1.165, 1.54) is 24.3 Å². The van der Waals surface area contributed by atoms with Crippen LogP contribution in [0.5, 0.6) is 0 Å². The molecule has 0 saturated heterocycles. The molecule has 4 aromatic rings. The minimum atomic E-state index is -1.09. The van der Waals surface area contributed by atoms with Crippen molar-refractivity contribution >= 4 is 57.9 Å². The van der Waals surface area contributed by atoms with Crippen molar-refractivity contribution in [1.29, 1.82) is 5.26 Å². The molecule has 12 heteroatoms. The largest absolute Gasteiger partial charge is 0.478 e. The van der Waals surface area contributed by atoms with Crippen LogP contribution in [0.15, 0.2) is 67.0 Å². The molecule has 0 bridgehead atoms. The zero-order chi connectivity index (χ0) is 27.4. The van der Waals surface area contributed by atoms with Crippen molar-refractivity contribution in [1.82, 2.24) is 9.97 Å². The molecule has 0 aliphatic heterocycles. The number of nitrogens with zero attached hydrogens (tertiary/aromatic N) is 4. The molecule has 1 aromatic heterocycles. The van der Waals surface area contributed by atoms with E-state index in [0.29, 0.717) is 27.5 Å². The Labute approximate surface area is 226 Å². The second kappa shape index (κ2) is 11.1. The zero-order valence-corrected chi connectivity index (χ0v) is 21.2. The maximum absolute atomic E-state index is 12.0. The molecule has 3 aromatic carbocycles. The summed E-state index contributed by atoms with van der Waals surface area (Å²) < 4.78 is 0. The third kappa shape index (κ3) is 5.64. The van der Waals surface area contributed by atoms with Crippen molar-refractivity contribution in [2.75, 3.05) is 10.6 Å². The zero-order valence-electron chi connectivity index (χ0n) is 19.6. The third-order valence-electron chi connectivity index (χ3n) is 5.64. The van der Waals surface area contributed by atoms with E-state index in [4.69, 9.17) is 28.3 Å². The molecule has 1 heterocycles. The van der Waals surface area contributed by atoms with Gasteiger partial charge in [-0.05, 0) is 66.1 Å². The monoisotopic (exact) mass is 548 g/mol. The molecule has 4 rings (SSSR count). The van der Waals surface area contributed by atoms with Gasteiger partial charge >= 0.3 is 11.7 Å². The molecule has 0 aliphatic carbocycles. The van der Waals surface area contributed by atoms with Crippen LogP contribution >= 0.6 is 23.2 Å². The van der Waals surface area contributed by atoms with Crippen LogP contribution in [0.25, 0.3) is 0 Å². The molecule has 3 N–H and O–H groups in total. The van der Waals surface area contributed by atoms with Gasteiger partial charge in [0.1, 0.15) is 6.33 Å². The van der Waals surface area contributed by atoms with Gasteiger partial charge in [-0.3, -0.25) is 10.1 Å². The summed E-state index contributed by atoms with van der Waals surface area (Å²) in [6.45, 7) is 1.77. The van der Waals surface area contributed by atoms with E-state index in [0.717, 1.165) is 11.9 Å². The number of nitrogens with one attached hydrogen (secondary N) is 2. The molecule has 1 atom stereocenters. The van der Waals surface area contributed by atoms with Gasteiger partial charge in [0, 0.05) is 21.4 Å². The Balaban J connectivity index is 1.66. The molecule has 0 amide bonds. The molecule has 190 valence electrons. The van der Waals surface area contributed by atoms with E-state index in [1.54, 1.807) is 43.3 Å². The highest BCUT2D eigenvalue weighted by molar-refractivity contribution is 6.32. The van der Waals surface area contributed by atoms with E-state index >= 15 is 0 Å². The number of anilines is 4. The van der Waals surface area contributed by atoms with E-state index in [2.05, 4.69) is 26.7 Å². The highest BCUT2D eigenvalue weighted by Crippen LogP contribution is 2.38. The summed E-state index contributed by atoms with van der Waals surface area (Å²) in [5.41, 5.74) is 2.46. The second-order valence-electron chi connectivity index (χ2n) is 8.11. The standard InChI is InChI=1S/C26H18Cl2N6O4/c1-14-10-19(20(12-29)15-2-6-17(27)7-3-15)21(28)11-22(14)33-25-23(34(37)38)24(30-13-31-25)32-18-8-4-16(5-9-18)26(35)36/h2-11,13,20H,1H3,(H,35,36)(H2,30,31,32,33). The lowest BCUT2D eigenvalue weighted by Crippen LogP contribution is -2.07. The fraction of sp³-hybridized carbons (Fsp3) is 0.0769. The fourth-order valence-electron chi connectivity index (χ4n) is 3.73. The lowest BCUT2D eigenvalue weighted by Gasteiger charge is -2.17. The van der Waals surface area contributed by atoms with Crippen molar-refractivity contribution in [3.05, 3.63) is 109 Å². The number of rotatable bonds is 8. The van der Waals surface area contributed by atoms with Gasteiger partial charge in [0.15, 0.2) is 0 Å². The van der Waals surface area contributed by atoms with Gasteiger partial charge in [-0.1, -0.05) is 41.4 Å². The number of aromatic nitrogens is 2. The smallest absolute Gasteiger partial charge is 0.353 e. The SMILES string of the molecule is Cc1cc(C(C#N)c2ccc(Cl)cc2)c(Cl)cc1Nc1ncnc(Nc2ccc(C(=O)O)cc2)c1[N+](=O)[O-]. The van der Waals surface area contributed by atoms with Crippen LogP contribution in [-0.4, -0.2) is 26.0 Å². The van der Waals surface area contributed by atoms with Crippen LogP contribution in [-0.2, 0) is 0 Å². The number of benzene rings is 3. The van der Waals surface area contributed by atoms with Crippen molar-refractivity contribution in [2.45, 2.75) is 12.8 Å². The predicted molar refractivity (Wildman–Crippen MR) is 144 cm³/mol. The summed E-state index contributed by atoms with van der Waals surface area (Å²) in [6.07, 6.45) is 1.15. The Bertz CT molecular complexity index is 1570. The molecule has 0 fully saturated rings. The van der Waals surface area contributed by atoms with Gasteiger partial charge in [0.05, 0.1) is 22.5 Å². The molecule has 0 radical (unpaired) electrons. The molecule has 10 nitrogen and oxygen atoms in total. The number of aryl methyl sites for hydroxylation is 1. The Morgan fingerprint density at radius 2 is 1.68 bits per heavy atom. The van der Waals surface area contributed by atoms with Gasteiger partial charge in [0.2, 0.25) is 11.6 Å². The average molecular weight is 549 g/mol. The Morgan fingerprint density at radius 3 is 2.26 bits per heavy atom. The average Bonchev–Trinajstić information content (AvgIpc) is 2.88. The predicted octanol–water partition coefficient (Wildman–Crippen LogP) is 6.84. The van der Waals surface area contributed by atoms with Crippen molar-refractivity contribution in [3.63, 3.8) is 0 Å². The van der Waals surface area contributed by atoms with E-state index in [9.17, 15) is 20.2 Å². The van der Waals surface area contributed by atoms with E-state index < -0.39 is 22.5 Å². The van der Waals surface area contributed by atoms with Crippen LogP contribution in [0, 0.1) is 28.4 Å². The van der Waals surface area contributed by atoms with Gasteiger partial charge in [0.25, 0.3) is 0 Å². The fourth-order valence-corrected chi connectivity index (χ4v) is 4.13. The summed E-state index contributed by atoms with van der Waals surface area (Å²) in [4.78, 5) is 30.5. The summed E-state index contributed by atoms with van der Waals surface area (Å²) >= 11 is 12.5. The number of nitriles is 1. The summed E-state index contributed by atoms with van der Waals surface area (Å²) in [5, 5.41) is 37.5. The first-order valence-corrected chi connectivity index (χ1v) is 11.8. The molecule has 0 saturated carbocycles. The number of carbonyl (C=O) groups is 1. The minimum absolute atomic E-state index is 0.0700. The first-order valence-electron chi connectivity index (χ1n) is 11.0. The maximum atomic E-state index is 12.0. The van der Waals surface area contributed by atoms with Gasteiger partial charge in [-0.2, -0.15) is 5.26 Å². The van der Waals surface area contributed by atoms with E-state index in [-0.39, 0.29) is 22.2 Å². The molecule has 38 heavy (non-hydrogen) atoms. The van der Waals surface area contributed by atoms with Gasteiger partial charge in [-0.25, -0.2) is 14.8 Å². The quantitative estimate of drug-likeness (QED) is 0.158. The van der Waals surface area contributed by atoms with E-state index in [1.807, 2.05) is 0 Å². The van der Waals surface area contributed by atoms with Gasteiger partial charge < -0.3 is 15.7 Å². The highest BCUT2D eigenvalue weighted by atomic mass is 35.5. The van der Waals surface area contributed by atoms with Crippen molar-refractivity contribution in [2.24, 2.45) is 0 Å². The molecular weight excluding hydrogens is 531 g/mol. The molecule has 1 unspecified atom stereocenters. The normalized spacial score (nSPS) is 11.3. The number of carboxylic acids is 1. The molecular formula is C26H18Cl2N6O4. The lowest BCUT2D eigenvalue weighted by atomic mass is 9.91. The summed E-state index contributed by atoms with van der Waals surface area (Å²) in [7, 11) is 0. The number of hydrogen-bond acceptors (Lipinski definition) is 8. The number of nitro groups is 1. The molecule has 0 spiro atoms. The topological polar surface area (TPSA) is 154 Å². The van der Waals surface area contributed by atoms with Crippen molar-refractivity contribution < 1.29 is 14.8 Å². The van der Waals surface area contributed by atoms with Crippen LogP contribution in [0.1, 0.15) is 33.0 Å². The first kappa shape index (κ1) is 26.3. The second-order valence-corrected chi connectivity index (χ2v) is 8.96. The van der Waals surface area contributed by atoms with Crippen molar-refractivity contribution in [3.8, 4) is 6.07 Å². The number of halogens is 2. The summed E-state index contributed by atoms with van der Waals surface area (Å²) in [5.74, 6) is -1.92. The highest BCUT2D eigenvalue weighted by Gasteiger charge is 2.25. The maximum Gasteiger partial charge on any atom is 0.353 e. The van der Waals surface area contributed by atoms with Crippen LogP contribution in [0.3, 0.4) is 0 Å². The van der Waals surface area contributed by atoms with Crippen LogP contribution in [0.4, 0.5) is 28.7 Å². The molecule has 0 aliphatic rings. The van der Waals surface area contributed by atoms with Crippen LogP contribution < -0.4 is 10.6 Å². The third-order valence-corrected chi connectivity index (χ3v) is 6.22. The lowest BCUT2D eigenvalue weighted by molar-refractivity contribution is -0.383. The number of aromatic carboxylic acids is 1. The Hall–Kier alpha value is -4.72. The minimum Gasteiger partial charge on any atom is -0.478 e. The van der Waals surface area contributed by atoms with Crippen LogP contribution in [0.2, 0.25) is 10.0 Å². The number of hydrogen-bond donors (Lipinski definition) is 3. The number of carboxylic acid groups (broad SMARTS) is 1. The Kier molecular flexibility index (Phi) is 7.71. The Morgan fingerprint density at radius 1 is 1.05 bits per heavy atom.